The van der Waals surface area contributed by atoms with E-state index in [2.05, 4.69) is 5.32 Å². The van der Waals surface area contributed by atoms with Gasteiger partial charge in [-0.3, -0.25) is 4.79 Å². The highest BCUT2D eigenvalue weighted by molar-refractivity contribution is 6.17. The van der Waals surface area contributed by atoms with E-state index in [1.165, 1.54) is 6.92 Å². The lowest BCUT2D eigenvalue weighted by atomic mass is 10.1. The molecule has 0 aliphatic heterocycles. The van der Waals surface area contributed by atoms with Crippen LogP contribution in [0.3, 0.4) is 0 Å². The van der Waals surface area contributed by atoms with E-state index in [-0.39, 0.29) is 5.91 Å². The van der Waals surface area contributed by atoms with Crippen molar-refractivity contribution < 1.29 is 9.90 Å². The molecular weight excluding hydrogens is 226 g/mol. The lowest BCUT2D eigenvalue weighted by molar-refractivity contribution is -0.119. The Morgan fingerprint density at radius 1 is 1.44 bits per heavy atom. The summed E-state index contributed by atoms with van der Waals surface area (Å²) >= 11 is 5.55. The number of carbonyl (C=O) groups is 1. The second-order valence-electron chi connectivity index (χ2n) is 3.64. The summed E-state index contributed by atoms with van der Waals surface area (Å²) < 4.78 is 0. The van der Waals surface area contributed by atoms with E-state index in [0.29, 0.717) is 18.8 Å². The molecule has 0 aliphatic rings. The number of aliphatic hydroxyl groups is 1. The highest BCUT2D eigenvalue weighted by Gasteiger charge is 2.06. The third-order valence-electron chi connectivity index (χ3n) is 2.29. The number of hydrogen-bond donors (Lipinski definition) is 2. The first-order valence-corrected chi connectivity index (χ1v) is 5.74. The molecular formula is C12H16ClNO2. The summed E-state index contributed by atoms with van der Waals surface area (Å²) in [5.41, 5.74) is 1.87. The zero-order valence-electron chi connectivity index (χ0n) is 9.24. The van der Waals surface area contributed by atoms with Crippen LogP contribution in [0.4, 0.5) is 0 Å². The fourth-order valence-electron chi connectivity index (χ4n) is 1.35. The molecule has 3 nitrogen and oxygen atoms in total. The van der Waals surface area contributed by atoms with Crippen LogP contribution in [-0.4, -0.2) is 16.9 Å². The fourth-order valence-corrected chi connectivity index (χ4v) is 1.56. The van der Waals surface area contributed by atoms with Crippen LogP contribution in [0.5, 0.6) is 0 Å². The molecule has 2 N–H and O–H groups in total. The van der Waals surface area contributed by atoms with Gasteiger partial charge in [0.1, 0.15) is 0 Å². The van der Waals surface area contributed by atoms with Crippen LogP contribution in [0.1, 0.15) is 30.6 Å². The largest absolute Gasteiger partial charge is 0.388 e. The molecule has 0 spiro atoms. The van der Waals surface area contributed by atoms with Crippen LogP contribution in [0.15, 0.2) is 24.3 Å². The molecule has 1 rings (SSSR count). The van der Waals surface area contributed by atoms with Crippen LogP contribution in [0.25, 0.3) is 0 Å². The SMILES string of the molecule is CC(=O)NCc1ccc(C(O)CCCl)cc1. The highest BCUT2D eigenvalue weighted by atomic mass is 35.5. The highest BCUT2D eigenvalue weighted by Crippen LogP contribution is 2.17. The Bertz CT molecular complexity index is 337. The first-order chi connectivity index (χ1) is 7.63. The normalized spacial score (nSPS) is 12.2. The minimum absolute atomic E-state index is 0.0498. The lowest BCUT2D eigenvalue weighted by Gasteiger charge is -2.10. The summed E-state index contributed by atoms with van der Waals surface area (Å²) in [6.45, 7) is 2.00. The van der Waals surface area contributed by atoms with Gasteiger partial charge in [-0.05, 0) is 17.5 Å². The molecule has 0 heterocycles. The lowest BCUT2D eigenvalue weighted by Crippen LogP contribution is -2.18. The Morgan fingerprint density at radius 3 is 2.56 bits per heavy atom. The standard InChI is InChI=1S/C12H16ClNO2/c1-9(15)14-8-10-2-4-11(5-3-10)12(16)6-7-13/h2-5,12,16H,6-8H2,1H3,(H,14,15). The fraction of sp³-hybridized carbons (Fsp3) is 0.417. The summed E-state index contributed by atoms with van der Waals surface area (Å²) in [6.07, 6.45) is 0.0411. The first kappa shape index (κ1) is 13.0. The zero-order valence-corrected chi connectivity index (χ0v) is 10.00. The molecule has 0 saturated carbocycles. The molecule has 0 saturated heterocycles. The van der Waals surface area contributed by atoms with E-state index in [4.69, 9.17) is 11.6 Å². The van der Waals surface area contributed by atoms with E-state index < -0.39 is 6.10 Å². The Hall–Kier alpha value is -1.06. The quantitative estimate of drug-likeness (QED) is 0.775. The molecule has 1 aromatic carbocycles. The molecule has 0 fully saturated rings. The van der Waals surface area contributed by atoms with Gasteiger partial charge in [-0.2, -0.15) is 0 Å². The van der Waals surface area contributed by atoms with Crippen molar-refractivity contribution in [2.45, 2.75) is 26.0 Å². The zero-order chi connectivity index (χ0) is 12.0. The minimum Gasteiger partial charge on any atom is -0.388 e. The van der Waals surface area contributed by atoms with E-state index in [1.807, 2.05) is 24.3 Å². The van der Waals surface area contributed by atoms with Crippen LogP contribution in [-0.2, 0) is 11.3 Å². The van der Waals surface area contributed by atoms with Crippen molar-refractivity contribution >= 4 is 17.5 Å². The van der Waals surface area contributed by atoms with Gasteiger partial charge < -0.3 is 10.4 Å². The third kappa shape index (κ3) is 4.21. The number of aliphatic hydroxyl groups excluding tert-OH is 1. The van der Waals surface area contributed by atoms with E-state index in [1.54, 1.807) is 0 Å². The monoisotopic (exact) mass is 241 g/mol. The maximum absolute atomic E-state index is 10.7. The Kier molecular flexibility index (Phi) is 5.29. The second kappa shape index (κ2) is 6.51. The number of amides is 1. The number of halogens is 1. The third-order valence-corrected chi connectivity index (χ3v) is 2.51. The van der Waals surface area contributed by atoms with E-state index in [0.717, 1.165) is 11.1 Å². The molecule has 1 unspecified atom stereocenters. The van der Waals surface area contributed by atoms with Crippen LogP contribution in [0, 0.1) is 0 Å². The molecule has 0 aliphatic carbocycles. The second-order valence-corrected chi connectivity index (χ2v) is 4.02. The Morgan fingerprint density at radius 2 is 2.06 bits per heavy atom. The van der Waals surface area contributed by atoms with Gasteiger partial charge in [0.25, 0.3) is 0 Å². The summed E-state index contributed by atoms with van der Waals surface area (Å²) in [5.74, 6) is 0.390. The van der Waals surface area contributed by atoms with Gasteiger partial charge in [-0.15, -0.1) is 11.6 Å². The topological polar surface area (TPSA) is 49.3 Å². The average molecular weight is 242 g/mol. The molecule has 0 bridgehead atoms. The first-order valence-electron chi connectivity index (χ1n) is 5.20. The number of carbonyl (C=O) groups excluding carboxylic acids is 1. The maximum atomic E-state index is 10.7. The van der Waals surface area contributed by atoms with Crippen molar-refractivity contribution in [2.24, 2.45) is 0 Å². The summed E-state index contributed by atoms with van der Waals surface area (Å²) in [5, 5.41) is 12.4. The van der Waals surface area contributed by atoms with Crippen molar-refractivity contribution in [2.75, 3.05) is 5.88 Å². The van der Waals surface area contributed by atoms with Gasteiger partial charge in [-0.25, -0.2) is 0 Å². The van der Waals surface area contributed by atoms with Crippen molar-refractivity contribution in [1.29, 1.82) is 0 Å². The average Bonchev–Trinajstić information content (AvgIpc) is 2.27. The van der Waals surface area contributed by atoms with Gasteiger partial charge in [0, 0.05) is 19.3 Å². The molecule has 4 heteroatoms. The van der Waals surface area contributed by atoms with Gasteiger partial charge in [0.05, 0.1) is 6.10 Å². The van der Waals surface area contributed by atoms with Crippen molar-refractivity contribution in [3.8, 4) is 0 Å². The van der Waals surface area contributed by atoms with Crippen molar-refractivity contribution in [3.63, 3.8) is 0 Å². The molecule has 0 aromatic heterocycles. The molecule has 1 amide bonds. The van der Waals surface area contributed by atoms with Crippen LogP contribution in [0.2, 0.25) is 0 Å². The van der Waals surface area contributed by atoms with Gasteiger partial charge >= 0.3 is 0 Å². The van der Waals surface area contributed by atoms with E-state index in [9.17, 15) is 9.90 Å². The summed E-state index contributed by atoms with van der Waals surface area (Å²) in [7, 11) is 0. The van der Waals surface area contributed by atoms with Crippen molar-refractivity contribution in [1.82, 2.24) is 5.32 Å². The molecule has 88 valence electrons. The molecule has 1 atom stereocenters. The van der Waals surface area contributed by atoms with E-state index >= 15 is 0 Å². The summed E-state index contributed by atoms with van der Waals surface area (Å²) in [6, 6.07) is 7.49. The number of benzene rings is 1. The molecule has 16 heavy (non-hydrogen) atoms. The summed E-state index contributed by atoms with van der Waals surface area (Å²) in [4.78, 5) is 10.7. The van der Waals surface area contributed by atoms with Gasteiger partial charge in [-0.1, -0.05) is 24.3 Å². The predicted molar refractivity (Wildman–Crippen MR) is 64.3 cm³/mol. The van der Waals surface area contributed by atoms with Gasteiger partial charge in [0.15, 0.2) is 0 Å². The Balaban J connectivity index is 2.57. The van der Waals surface area contributed by atoms with Gasteiger partial charge in [0.2, 0.25) is 5.91 Å². The predicted octanol–water partition coefficient (Wildman–Crippen LogP) is 1.98. The number of alkyl halides is 1. The van der Waals surface area contributed by atoms with Crippen LogP contribution < -0.4 is 5.32 Å². The van der Waals surface area contributed by atoms with Crippen LogP contribution >= 0.6 is 11.6 Å². The maximum Gasteiger partial charge on any atom is 0.217 e. The smallest absolute Gasteiger partial charge is 0.217 e. The number of rotatable bonds is 5. The molecule has 1 aromatic rings. The number of hydrogen-bond acceptors (Lipinski definition) is 2. The molecule has 0 radical (unpaired) electrons. The number of nitrogens with one attached hydrogen (secondary N) is 1. The van der Waals surface area contributed by atoms with Crippen molar-refractivity contribution in [3.05, 3.63) is 35.4 Å². The minimum atomic E-state index is -0.507. The Labute approximate surface area is 100 Å².